The predicted octanol–water partition coefficient (Wildman–Crippen LogP) is 1.19. The second-order valence-electron chi connectivity index (χ2n) is 7.78. The number of nitrogens with zero attached hydrogens (tertiary/aromatic N) is 2. The van der Waals surface area contributed by atoms with E-state index >= 15 is 0 Å². The van der Waals surface area contributed by atoms with Crippen LogP contribution in [0.3, 0.4) is 0 Å². The van der Waals surface area contributed by atoms with Crippen LogP contribution >= 0.6 is 0 Å². The molecule has 0 spiro atoms. The van der Waals surface area contributed by atoms with Crippen molar-refractivity contribution in [1.82, 2.24) is 4.90 Å². The fourth-order valence-electron chi connectivity index (χ4n) is 5.04. The van der Waals surface area contributed by atoms with Gasteiger partial charge in [-0.05, 0) is 29.8 Å². The zero-order valence-electron chi connectivity index (χ0n) is 17.5. The molecule has 0 saturated carbocycles. The number of anilines is 1. The van der Waals surface area contributed by atoms with E-state index in [4.69, 9.17) is 19.3 Å². The first-order valence-corrected chi connectivity index (χ1v) is 10.1. The summed E-state index contributed by atoms with van der Waals surface area (Å²) in [7, 11) is 2.29. The number of para-hydroxylation sites is 1. The lowest BCUT2D eigenvalue weighted by Crippen LogP contribution is -2.45. The van der Waals surface area contributed by atoms with Crippen molar-refractivity contribution in [2.24, 2.45) is 0 Å². The van der Waals surface area contributed by atoms with Gasteiger partial charge in [-0.15, -0.1) is 0 Å². The summed E-state index contributed by atoms with van der Waals surface area (Å²) >= 11 is 0. The van der Waals surface area contributed by atoms with Crippen molar-refractivity contribution in [2.45, 2.75) is 24.2 Å². The van der Waals surface area contributed by atoms with Crippen LogP contribution in [0.1, 0.15) is 17.5 Å². The van der Waals surface area contributed by atoms with Crippen LogP contribution in [0.4, 0.5) is 5.69 Å². The molecule has 0 aromatic heterocycles. The third kappa shape index (κ3) is 2.58. The van der Waals surface area contributed by atoms with Gasteiger partial charge in [0.2, 0.25) is 6.79 Å². The van der Waals surface area contributed by atoms with Crippen LogP contribution in [0.25, 0.3) is 6.08 Å². The molecule has 32 heavy (non-hydrogen) atoms. The summed E-state index contributed by atoms with van der Waals surface area (Å²) < 4.78 is 15.7. The quantitative estimate of drug-likeness (QED) is 0.532. The highest BCUT2D eigenvalue weighted by molar-refractivity contribution is 6.08. The molecule has 0 unspecified atom stereocenters. The van der Waals surface area contributed by atoms with E-state index in [1.54, 1.807) is 18.2 Å². The van der Waals surface area contributed by atoms with Crippen LogP contribution in [-0.2, 0) is 19.9 Å². The molecule has 0 bridgehead atoms. The van der Waals surface area contributed by atoms with Crippen LogP contribution in [0.15, 0.2) is 48.2 Å². The van der Waals surface area contributed by atoms with Crippen molar-refractivity contribution in [3.8, 4) is 11.5 Å². The Bertz CT molecular complexity index is 1150. The molecule has 9 heteroatoms. The van der Waals surface area contributed by atoms with Gasteiger partial charge in [0, 0.05) is 24.8 Å². The third-order valence-corrected chi connectivity index (χ3v) is 6.29. The maximum atomic E-state index is 13.4. The van der Waals surface area contributed by atoms with Gasteiger partial charge in [-0.25, -0.2) is 4.79 Å². The van der Waals surface area contributed by atoms with Crippen LogP contribution in [0.5, 0.6) is 11.5 Å². The number of carbonyl (C=O) groups excluding carboxylic acids is 2. The lowest BCUT2D eigenvalue weighted by atomic mass is 9.91. The lowest BCUT2D eigenvalue weighted by molar-refractivity contribution is -0.149. The van der Waals surface area contributed by atoms with E-state index in [1.807, 2.05) is 35.2 Å². The van der Waals surface area contributed by atoms with Gasteiger partial charge in [0.05, 0.1) is 7.11 Å². The maximum absolute atomic E-state index is 13.4. The standard InChI is InChI=1S/C22H18N2O6.CH4O/c1-28-20(26)16-10-22(27)13-4-2-3-5-14(13)23-15(19(25)24(16)21(22)23)8-12-6-7-17-18(9-12)30-11-29-17;1-2/h2-9,16,21,27H,10-11H2,1H3;2H,1H3/b15-8-;/t16-,21-,22+;/m0./s1. The van der Waals surface area contributed by atoms with Crippen LogP contribution in [-0.4, -0.2) is 60.2 Å². The second kappa shape index (κ2) is 7.25. The number of rotatable bonds is 2. The van der Waals surface area contributed by atoms with Crippen molar-refractivity contribution in [1.29, 1.82) is 0 Å². The predicted molar refractivity (Wildman–Crippen MR) is 113 cm³/mol. The second-order valence-corrected chi connectivity index (χ2v) is 7.78. The van der Waals surface area contributed by atoms with E-state index in [9.17, 15) is 14.7 Å². The number of esters is 1. The third-order valence-electron chi connectivity index (χ3n) is 6.29. The molecule has 4 aliphatic rings. The Kier molecular flexibility index (Phi) is 4.61. The van der Waals surface area contributed by atoms with Crippen LogP contribution in [0.2, 0.25) is 0 Å². The number of aliphatic hydroxyl groups excluding tert-OH is 1. The van der Waals surface area contributed by atoms with Gasteiger partial charge in [0.25, 0.3) is 5.91 Å². The summed E-state index contributed by atoms with van der Waals surface area (Å²) in [6.07, 6.45) is 1.16. The highest BCUT2D eigenvalue weighted by Crippen LogP contribution is 2.57. The number of benzene rings is 2. The Balaban J connectivity index is 0.00000105. The Labute approximate surface area is 184 Å². The summed E-state index contributed by atoms with van der Waals surface area (Å²) in [4.78, 5) is 29.1. The molecular weight excluding hydrogens is 416 g/mol. The van der Waals surface area contributed by atoms with Gasteiger partial charge < -0.3 is 29.3 Å². The summed E-state index contributed by atoms with van der Waals surface area (Å²) in [5.74, 6) is 0.412. The minimum atomic E-state index is -1.35. The molecule has 3 atom stereocenters. The van der Waals surface area contributed by atoms with E-state index in [0.717, 1.165) is 18.4 Å². The highest BCUT2D eigenvalue weighted by atomic mass is 16.7. The molecule has 2 N–H and O–H groups in total. The van der Waals surface area contributed by atoms with Gasteiger partial charge in [-0.2, -0.15) is 0 Å². The van der Waals surface area contributed by atoms with Gasteiger partial charge in [-0.1, -0.05) is 24.3 Å². The topological polar surface area (TPSA) is 109 Å². The van der Waals surface area contributed by atoms with Crippen molar-refractivity contribution in [3.63, 3.8) is 0 Å². The first-order valence-electron chi connectivity index (χ1n) is 10.1. The van der Waals surface area contributed by atoms with Gasteiger partial charge >= 0.3 is 5.97 Å². The number of hydrogen-bond donors (Lipinski definition) is 2. The summed E-state index contributed by atoms with van der Waals surface area (Å²) in [5, 5.41) is 18.6. The Morgan fingerprint density at radius 1 is 1.19 bits per heavy atom. The molecule has 4 heterocycles. The van der Waals surface area contributed by atoms with Gasteiger partial charge in [0.1, 0.15) is 23.5 Å². The maximum Gasteiger partial charge on any atom is 0.328 e. The zero-order chi connectivity index (χ0) is 22.6. The SMILES string of the molecule is CO.COC(=O)[C@@H]1C[C@@]2(O)c3ccccc3N3/C(=C\c4ccc5c(c4)OCO5)C(=O)N1[C@H]32. The minimum absolute atomic E-state index is 0.0981. The van der Waals surface area contributed by atoms with Crippen molar-refractivity contribution in [2.75, 3.05) is 25.9 Å². The number of amides is 1. The van der Waals surface area contributed by atoms with Crippen molar-refractivity contribution in [3.05, 3.63) is 59.3 Å². The molecule has 0 radical (unpaired) electrons. The summed E-state index contributed by atoms with van der Waals surface area (Å²) in [6, 6.07) is 12.0. The zero-order valence-corrected chi connectivity index (χ0v) is 17.5. The first kappa shape index (κ1) is 20.3. The molecular formula is C23H22N2O7. The summed E-state index contributed by atoms with van der Waals surface area (Å²) in [5.41, 5.74) is 1.25. The van der Waals surface area contributed by atoms with E-state index < -0.39 is 23.8 Å². The normalized spacial score (nSPS) is 27.2. The summed E-state index contributed by atoms with van der Waals surface area (Å²) in [6.45, 7) is 0.164. The molecule has 1 amide bonds. The van der Waals surface area contributed by atoms with Crippen LogP contribution < -0.4 is 14.4 Å². The number of ether oxygens (including phenoxy) is 3. The van der Waals surface area contributed by atoms with E-state index in [-0.39, 0.29) is 19.1 Å². The van der Waals surface area contributed by atoms with Crippen molar-refractivity contribution < 1.29 is 34.0 Å². The first-order chi connectivity index (χ1) is 15.5. The molecule has 4 aliphatic heterocycles. The van der Waals surface area contributed by atoms with Gasteiger partial charge in [0.15, 0.2) is 11.5 Å². The van der Waals surface area contributed by atoms with Crippen molar-refractivity contribution >= 4 is 23.6 Å². The van der Waals surface area contributed by atoms with E-state index in [2.05, 4.69) is 0 Å². The average Bonchev–Trinajstić information content (AvgIpc) is 3.54. The number of carbonyl (C=O) groups is 2. The smallest absolute Gasteiger partial charge is 0.328 e. The number of aliphatic hydroxyl groups is 2. The van der Waals surface area contributed by atoms with Crippen LogP contribution in [0, 0.1) is 0 Å². The molecule has 2 aromatic carbocycles. The van der Waals surface area contributed by atoms with E-state index in [0.29, 0.717) is 22.8 Å². The molecule has 2 aromatic rings. The average molecular weight is 438 g/mol. The number of methoxy groups -OCH3 is 1. The minimum Gasteiger partial charge on any atom is -0.467 e. The Hall–Kier alpha value is -3.56. The molecule has 9 nitrogen and oxygen atoms in total. The number of fused-ring (bicyclic) bond motifs is 4. The van der Waals surface area contributed by atoms with E-state index in [1.165, 1.54) is 12.0 Å². The number of hydrogen-bond acceptors (Lipinski definition) is 8. The largest absolute Gasteiger partial charge is 0.467 e. The molecule has 2 fully saturated rings. The lowest BCUT2D eigenvalue weighted by Gasteiger charge is -2.26. The Morgan fingerprint density at radius 2 is 1.94 bits per heavy atom. The Morgan fingerprint density at radius 3 is 2.72 bits per heavy atom. The fraction of sp³-hybridized carbons (Fsp3) is 0.304. The monoisotopic (exact) mass is 438 g/mol. The molecule has 2 saturated heterocycles. The molecule has 166 valence electrons. The highest BCUT2D eigenvalue weighted by Gasteiger charge is 2.68. The molecule has 6 rings (SSSR count). The fourth-order valence-corrected chi connectivity index (χ4v) is 5.04. The molecule has 0 aliphatic carbocycles. The van der Waals surface area contributed by atoms with Gasteiger partial charge in [-0.3, -0.25) is 9.69 Å².